The molecule has 32 heavy (non-hydrogen) atoms. The van der Waals surface area contributed by atoms with Gasteiger partial charge in [0.15, 0.2) is 17.3 Å². The van der Waals surface area contributed by atoms with Crippen LogP contribution in [0.2, 0.25) is 5.28 Å². The van der Waals surface area contributed by atoms with Gasteiger partial charge in [-0.05, 0) is 30.2 Å². The fraction of sp³-hybridized carbons (Fsp3) is 0.400. The zero-order valence-electron chi connectivity index (χ0n) is 17.1. The predicted molar refractivity (Wildman–Crippen MR) is 113 cm³/mol. The van der Waals surface area contributed by atoms with Gasteiger partial charge >= 0.3 is 0 Å². The predicted octanol–water partition coefficient (Wildman–Crippen LogP) is 2.74. The minimum atomic E-state index is -3.35. The number of alkyl halides is 2. The summed E-state index contributed by atoms with van der Waals surface area (Å²) in [6, 6.07) is 5.28. The first-order chi connectivity index (χ1) is 15.3. The van der Waals surface area contributed by atoms with Crippen molar-refractivity contribution in [2.45, 2.75) is 18.9 Å². The first-order valence-electron chi connectivity index (χ1n) is 9.94. The van der Waals surface area contributed by atoms with Crippen LogP contribution in [0.15, 0.2) is 24.3 Å². The van der Waals surface area contributed by atoms with E-state index in [0.29, 0.717) is 37.4 Å². The van der Waals surface area contributed by atoms with Crippen molar-refractivity contribution in [2.24, 2.45) is 0 Å². The summed E-state index contributed by atoms with van der Waals surface area (Å²) < 4.78 is 33.0. The third-order valence-corrected chi connectivity index (χ3v) is 5.35. The van der Waals surface area contributed by atoms with Crippen LogP contribution in [0.25, 0.3) is 11.2 Å². The van der Waals surface area contributed by atoms with E-state index < -0.39 is 18.6 Å². The smallest absolute Gasteiger partial charge is 0.295 e. The first kappa shape index (κ1) is 22.3. The number of fused-ring (bicyclic) bond motifs is 1. The molecule has 0 radical (unpaired) electrons. The number of halogens is 3. The molecule has 0 aliphatic carbocycles. The summed E-state index contributed by atoms with van der Waals surface area (Å²) in [5, 5.41) is 12.0. The Hall–Kier alpha value is -2.89. The molecule has 1 unspecified atom stereocenters. The van der Waals surface area contributed by atoms with E-state index in [-0.39, 0.29) is 34.0 Å². The Morgan fingerprint density at radius 1 is 1.34 bits per heavy atom. The van der Waals surface area contributed by atoms with E-state index in [0.717, 1.165) is 0 Å². The van der Waals surface area contributed by atoms with Crippen molar-refractivity contribution in [1.82, 2.24) is 24.8 Å². The second-order valence-corrected chi connectivity index (χ2v) is 7.72. The number of rotatable bonds is 6. The van der Waals surface area contributed by atoms with Gasteiger partial charge in [0.2, 0.25) is 5.28 Å². The molecule has 1 atom stereocenters. The Balaban J connectivity index is 1.62. The van der Waals surface area contributed by atoms with Gasteiger partial charge in [-0.2, -0.15) is 18.7 Å². The molecule has 12 heteroatoms. The molecule has 1 amide bonds. The number of aliphatic hydroxyl groups excluding tert-OH is 1. The summed E-state index contributed by atoms with van der Waals surface area (Å²) in [6.07, 6.45) is 0. The highest BCUT2D eigenvalue weighted by molar-refractivity contribution is 6.28. The van der Waals surface area contributed by atoms with Crippen molar-refractivity contribution in [3.63, 3.8) is 0 Å². The standard InChI is InChI=1S/C20H21ClF2N6O3/c1-11(12-3-2-4-13(9-12)20(22,23)10-30)24-15-14-16(28-19(21)27-15)26-17(25-14)18(31)29-5-7-32-8-6-29/h2-4,9,11,30H,5-8,10H2,1H3,(H2,24,25,26,27,28). The van der Waals surface area contributed by atoms with Crippen molar-refractivity contribution in [3.8, 4) is 0 Å². The van der Waals surface area contributed by atoms with Gasteiger partial charge in [-0.15, -0.1) is 0 Å². The lowest BCUT2D eigenvalue weighted by atomic mass is 10.0. The summed E-state index contributed by atoms with van der Waals surface area (Å²) in [7, 11) is 0. The quantitative estimate of drug-likeness (QED) is 0.478. The number of benzene rings is 1. The van der Waals surface area contributed by atoms with Gasteiger partial charge in [-0.25, -0.2) is 4.98 Å². The number of H-pyrrole nitrogens is 1. The van der Waals surface area contributed by atoms with Crippen LogP contribution in [0, 0.1) is 0 Å². The molecule has 1 aliphatic rings. The maximum atomic E-state index is 13.9. The summed E-state index contributed by atoms with van der Waals surface area (Å²) in [4.78, 5) is 29.8. The van der Waals surface area contributed by atoms with E-state index in [2.05, 4.69) is 25.3 Å². The molecule has 3 heterocycles. The van der Waals surface area contributed by atoms with Gasteiger partial charge in [-0.3, -0.25) is 4.79 Å². The number of morpholine rings is 1. The van der Waals surface area contributed by atoms with Crippen LogP contribution in [0.3, 0.4) is 0 Å². The van der Waals surface area contributed by atoms with Crippen LogP contribution in [0.1, 0.15) is 34.7 Å². The molecule has 4 rings (SSSR count). The summed E-state index contributed by atoms with van der Waals surface area (Å²) in [6.45, 7) is 2.30. The van der Waals surface area contributed by atoms with Gasteiger partial charge in [0.25, 0.3) is 11.8 Å². The van der Waals surface area contributed by atoms with Gasteiger partial charge in [0.1, 0.15) is 12.1 Å². The van der Waals surface area contributed by atoms with Crippen LogP contribution in [0.5, 0.6) is 0 Å². The average molecular weight is 467 g/mol. The number of imidazole rings is 1. The minimum absolute atomic E-state index is 0.0790. The Bertz CT molecular complexity index is 1140. The molecule has 0 saturated carbocycles. The SMILES string of the molecule is CC(Nc1nc(Cl)nc2nc(C(=O)N3CCOCC3)[nH]c12)c1cccc(C(F)(F)CO)c1. The topological polar surface area (TPSA) is 116 Å². The van der Waals surface area contributed by atoms with Crippen LogP contribution >= 0.6 is 11.6 Å². The largest absolute Gasteiger partial charge is 0.390 e. The first-order valence-corrected chi connectivity index (χ1v) is 10.3. The monoisotopic (exact) mass is 466 g/mol. The maximum absolute atomic E-state index is 13.9. The number of nitrogens with zero attached hydrogens (tertiary/aromatic N) is 4. The molecule has 170 valence electrons. The van der Waals surface area contributed by atoms with Crippen molar-refractivity contribution >= 4 is 34.5 Å². The molecular formula is C20H21ClF2N6O3. The number of aliphatic hydroxyl groups is 1. The molecule has 0 spiro atoms. The van der Waals surface area contributed by atoms with Crippen molar-refractivity contribution < 1.29 is 23.4 Å². The number of hydrogen-bond acceptors (Lipinski definition) is 7. The fourth-order valence-corrected chi connectivity index (χ4v) is 3.57. The Labute approximate surface area is 186 Å². The van der Waals surface area contributed by atoms with Crippen LogP contribution < -0.4 is 5.32 Å². The Kier molecular flexibility index (Phi) is 6.22. The van der Waals surface area contributed by atoms with E-state index in [9.17, 15) is 13.6 Å². The molecule has 9 nitrogen and oxygen atoms in total. The van der Waals surface area contributed by atoms with Gasteiger partial charge < -0.3 is 25.0 Å². The van der Waals surface area contributed by atoms with Crippen LogP contribution in [-0.4, -0.2) is 68.8 Å². The molecule has 1 aliphatic heterocycles. The molecule has 0 bridgehead atoms. The van der Waals surface area contributed by atoms with Crippen LogP contribution in [-0.2, 0) is 10.7 Å². The lowest BCUT2D eigenvalue weighted by Crippen LogP contribution is -2.41. The lowest BCUT2D eigenvalue weighted by Gasteiger charge is -2.25. The number of amides is 1. The molecule has 1 fully saturated rings. The molecule has 2 aromatic heterocycles. The van der Waals surface area contributed by atoms with E-state index in [1.807, 2.05) is 0 Å². The third-order valence-electron chi connectivity index (χ3n) is 5.19. The average Bonchev–Trinajstić information content (AvgIpc) is 3.23. The van der Waals surface area contributed by atoms with Crippen molar-refractivity contribution in [3.05, 3.63) is 46.5 Å². The molecule has 3 N–H and O–H groups in total. The lowest BCUT2D eigenvalue weighted by molar-refractivity contribution is -0.0556. The number of carbonyl (C=O) groups is 1. The number of nitrogens with one attached hydrogen (secondary N) is 2. The molecular weight excluding hydrogens is 446 g/mol. The van der Waals surface area contributed by atoms with Gasteiger partial charge in [0, 0.05) is 18.7 Å². The number of carbonyl (C=O) groups excluding carboxylic acids is 1. The molecule has 1 aromatic carbocycles. The molecule has 1 saturated heterocycles. The zero-order valence-corrected chi connectivity index (χ0v) is 17.9. The number of hydrogen-bond donors (Lipinski definition) is 3. The normalized spacial score (nSPS) is 15.7. The van der Waals surface area contributed by atoms with E-state index in [1.54, 1.807) is 17.9 Å². The van der Waals surface area contributed by atoms with Crippen molar-refractivity contribution in [1.29, 1.82) is 0 Å². The van der Waals surface area contributed by atoms with Gasteiger partial charge in [0.05, 0.1) is 19.3 Å². The highest BCUT2D eigenvalue weighted by atomic mass is 35.5. The Morgan fingerprint density at radius 3 is 2.81 bits per heavy atom. The van der Waals surface area contributed by atoms with E-state index >= 15 is 0 Å². The zero-order chi connectivity index (χ0) is 22.9. The number of aromatic amines is 1. The summed E-state index contributed by atoms with van der Waals surface area (Å²) >= 11 is 6.04. The van der Waals surface area contributed by atoms with Crippen LogP contribution in [0.4, 0.5) is 14.6 Å². The highest BCUT2D eigenvalue weighted by Crippen LogP contribution is 2.30. The van der Waals surface area contributed by atoms with E-state index in [4.69, 9.17) is 21.4 Å². The van der Waals surface area contributed by atoms with Gasteiger partial charge in [-0.1, -0.05) is 18.2 Å². The molecule has 3 aromatic rings. The van der Waals surface area contributed by atoms with E-state index in [1.165, 1.54) is 18.2 Å². The maximum Gasteiger partial charge on any atom is 0.295 e. The minimum Gasteiger partial charge on any atom is -0.390 e. The Morgan fingerprint density at radius 2 is 2.09 bits per heavy atom. The third kappa shape index (κ3) is 4.50. The second kappa shape index (κ2) is 8.93. The highest BCUT2D eigenvalue weighted by Gasteiger charge is 2.31. The fourth-order valence-electron chi connectivity index (χ4n) is 3.41. The summed E-state index contributed by atoms with van der Waals surface area (Å²) in [5.74, 6) is -3.27. The summed E-state index contributed by atoms with van der Waals surface area (Å²) in [5.41, 5.74) is 0.825. The van der Waals surface area contributed by atoms with Crippen molar-refractivity contribution in [2.75, 3.05) is 38.2 Å². The number of aromatic nitrogens is 4. The number of ether oxygens (including phenoxy) is 1. The second-order valence-electron chi connectivity index (χ2n) is 7.38. The number of anilines is 1.